The second-order valence-corrected chi connectivity index (χ2v) is 4.68. The minimum Gasteiger partial charge on any atom is -0.493 e. The Balaban J connectivity index is 2.23. The summed E-state index contributed by atoms with van der Waals surface area (Å²) in [6.07, 6.45) is 0. The van der Waals surface area contributed by atoms with Gasteiger partial charge in [0.2, 0.25) is 0 Å². The first-order chi connectivity index (χ1) is 11.9. The zero-order valence-electron chi connectivity index (χ0n) is 13.0. The van der Waals surface area contributed by atoms with Crippen LogP contribution in [0.1, 0.15) is 15.9 Å². The molecule has 25 heavy (non-hydrogen) atoms. The summed E-state index contributed by atoms with van der Waals surface area (Å²) in [5, 5.41) is 10.9. The van der Waals surface area contributed by atoms with Crippen LogP contribution in [0.2, 0.25) is 0 Å². The summed E-state index contributed by atoms with van der Waals surface area (Å²) >= 11 is 0. The van der Waals surface area contributed by atoms with Gasteiger partial charge in [-0.1, -0.05) is 18.2 Å². The maximum absolute atomic E-state index is 12.6. The van der Waals surface area contributed by atoms with Gasteiger partial charge < -0.3 is 14.2 Å². The highest BCUT2D eigenvalue weighted by Gasteiger charge is 2.22. The van der Waals surface area contributed by atoms with Gasteiger partial charge in [0.25, 0.3) is 5.69 Å². The number of para-hydroxylation sites is 2. The lowest BCUT2D eigenvalue weighted by Crippen LogP contribution is -2.12. The second-order valence-electron chi connectivity index (χ2n) is 4.68. The quantitative estimate of drug-likeness (QED) is 0.430. The third kappa shape index (κ3) is 4.40. The molecule has 0 amide bonds. The molecule has 2 rings (SSSR count). The van der Waals surface area contributed by atoms with Gasteiger partial charge in [-0.05, 0) is 18.2 Å². The standard InChI is InChI=1S/C16H13F2NO6/c1-23-13-8-4-6-11(14(13)25-16(17)18)15(20)24-9-10-5-2-3-7-12(10)19(21)22/h2-8,16H,9H2,1H3. The number of halogens is 2. The fraction of sp³-hybridized carbons (Fsp3) is 0.188. The molecule has 0 heterocycles. The first-order valence-electron chi connectivity index (χ1n) is 6.95. The van der Waals surface area contributed by atoms with Crippen molar-refractivity contribution in [3.8, 4) is 11.5 Å². The molecule has 132 valence electrons. The van der Waals surface area contributed by atoms with Gasteiger partial charge >= 0.3 is 12.6 Å². The third-order valence-corrected chi connectivity index (χ3v) is 3.17. The Hall–Kier alpha value is -3.23. The molecule has 0 aliphatic heterocycles. The SMILES string of the molecule is COc1cccc(C(=O)OCc2ccccc2[N+](=O)[O-])c1OC(F)F. The van der Waals surface area contributed by atoms with Gasteiger partial charge in [0.1, 0.15) is 12.2 Å². The van der Waals surface area contributed by atoms with Crippen LogP contribution in [0, 0.1) is 10.1 Å². The number of alkyl halides is 2. The first kappa shape index (κ1) is 18.1. The number of hydrogen-bond acceptors (Lipinski definition) is 6. The van der Waals surface area contributed by atoms with E-state index in [9.17, 15) is 23.7 Å². The van der Waals surface area contributed by atoms with Gasteiger partial charge in [0, 0.05) is 6.07 Å². The molecule has 7 nitrogen and oxygen atoms in total. The van der Waals surface area contributed by atoms with Crippen LogP contribution < -0.4 is 9.47 Å². The Kier molecular flexibility index (Phi) is 5.83. The van der Waals surface area contributed by atoms with Gasteiger partial charge in [-0.2, -0.15) is 8.78 Å². The van der Waals surface area contributed by atoms with Crippen LogP contribution >= 0.6 is 0 Å². The van der Waals surface area contributed by atoms with Crippen molar-refractivity contribution in [3.05, 3.63) is 63.7 Å². The molecule has 0 bridgehead atoms. The fourth-order valence-corrected chi connectivity index (χ4v) is 2.08. The summed E-state index contributed by atoms with van der Waals surface area (Å²) in [7, 11) is 1.23. The summed E-state index contributed by atoms with van der Waals surface area (Å²) in [6, 6.07) is 9.68. The molecule has 9 heteroatoms. The summed E-state index contributed by atoms with van der Waals surface area (Å²) < 4.78 is 39.4. The summed E-state index contributed by atoms with van der Waals surface area (Å²) in [5.41, 5.74) is -0.330. The highest BCUT2D eigenvalue weighted by Crippen LogP contribution is 2.33. The Morgan fingerprint density at radius 2 is 1.92 bits per heavy atom. The van der Waals surface area contributed by atoms with E-state index >= 15 is 0 Å². The van der Waals surface area contributed by atoms with Crippen molar-refractivity contribution in [1.82, 2.24) is 0 Å². The molecule has 0 unspecified atom stereocenters. The Morgan fingerprint density at radius 1 is 1.20 bits per heavy atom. The van der Waals surface area contributed by atoms with Crippen molar-refractivity contribution in [2.24, 2.45) is 0 Å². The van der Waals surface area contributed by atoms with E-state index in [4.69, 9.17) is 9.47 Å². The summed E-state index contributed by atoms with van der Waals surface area (Å²) in [5.74, 6) is -1.51. The van der Waals surface area contributed by atoms with E-state index in [2.05, 4.69) is 4.74 Å². The summed E-state index contributed by atoms with van der Waals surface area (Å²) in [6.45, 7) is -3.57. The van der Waals surface area contributed by atoms with E-state index in [0.717, 1.165) is 0 Å². The van der Waals surface area contributed by atoms with Crippen LogP contribution in [0.25, 0.3) is 0 Å². The molecule has 2 aromatic carbocycles. The molecule has 0 N–H and O–H groups in total. The van der Waals surface area contributed by atoms with Crippen LogP contribution in [0.3, 0.4) is 0 Å². The minimum atomic E-state index is -3.17. The average molecular weight is 353 g/mol. The monoisotopic (exact) mass is 353 g/mol. The number of nitro groups is 1. The van der Waals surface area contributed by atoms with Crippen molar-refractivity contribution in [3.63, 3.8) is 0 Å². The van der Waals surface area contributed by atoms with E-state index < -0.39 is 29.9 Å². The normalized spacial score (nSPS) is 10.4. The number of methoxy groups -OCH3 is 1. The van der Waals surface area contributed by atoms with Crippen molar-refractivity contribution in [1.29, 1.82) is 0 Å². The van der Waals surface area contributed by atoms with Gasteiger partial charge in [0.05, 0.1) is 17.6 Å². The lowest BCUT2D eigenvalue weighted by atomic mass is 10.1. The molecule has 0 atom stereocenters. The highest BCUT2D eigenvalue weighted by molar-refractivity contribution is 5.93. The molecular weight excluding hydrogens is 340 g/mol. The molecule has 0 saturated carbocycles. The first-order valence-corrected chi connectivity index (χ1v) is 6.95. The number of ether oxygens (including phenoxy) is 3. The zero-order chi connectivity index (χ0) is 18.4. The van der Waals surface area contributed by atoms with Gasteiger partial charge in [0.15, 0.2) is 11.5 Å². The molecule has 0 fully saturated rings. The van der Waals surface area contributed by atoms with Crippen LogP contribution in [-0.4, -0.2) is 24.6 Å². The Morgan fingerprint density at radius 3 is 2.56 bits per heavy atom. The van der Waals surface area contributed by atoms with Crippen molar-refractivity contribution in [2.75, 3.05) is 7.11 Å². The lowest BCUT2D eigenvalue weighted by Gasteiger charge is -2.13. The molecule has 0 saturated heterocycles. The summed E-state index contributed by atoms with van der Waals surface area (Å²) in [4.78, 5) is 22.5. The predicted molar refractivity (Wildman–Crippen MR) is 81.8 cm³/mol. The molecule has 0 radical (unpaired) electrons. The number of carbonyl (C=O) groups is 1. The molecule has 0 spiro atoms. The smallest absolute Gasteiger partial charge is 0.387 e. The molecule has 0 aliphatic carbocycles. The van der Waals surface area contributed by atoms with Crippen molar-refractivity contribution < 1.29 is 32.7 Å². The second kappa shape index (κ2) is 8.04. The van der Waals surface area contributed by atoms with Crippen LogP contribution in [-0.2, 0) is 11.3 Å². The van der Waals surface area contributed by atoms with Crippen molar-refractivity contribution >= 4 is 11.7 Å². The molecule has 2 aromatic rings. The van der Waals surface area contributed by atoms with E-state index in [1.54, 1.807) is 6.07 Å². The highest BCUT2D eigenvalue weighted by atomic mass is 19.3. The minimum absolute atomic E-state index is 0.0690. The van der Waals surface area contributed by atoms with Crippen molar-refractivity contribution in [2.45, 2.75) is 13.2 Å². The number of nitrogens with zero attached hydrogens (tertiary/aromatic N) is 1. The van der Waals surface area contributed by atoms with Crippen LogP contribution in [0.5, 0.6) is 11.5 Å². The van der Waals surface area contributed by atoms with E-state index in [0.29, 0.717) is 0 Å². The maximum Gasteiger partial charge on any atom is 0.387 e. The van der Waals surface area contributed by atoms with Gasteiger partial charge in [-0.3, -0.25) is 10.1 Å². The van der Waals surface area contributed by atoms with Gasteiger partial charge in [-0.15, -0.1) is 0 Å². The van der Waals surface area contributed by atoms with E-state index in [1.165, 1.54) is 43.5 Å². The van der Waals surface area contributed by atoms with Gasteiger partial charge in [-0.25, -0.2) is 4.79 Å². The number of rotatable bonds is 7. The molecule has 0 aliphatic rings. The Labute approximate surface area is 140 Å². The van der Waals surface area contributed by atoms with Crippen LogP contribution in [0.4, 0.5) is 14.5 Å². The van der Waals surface area contributed by atoms with E-state index in [1.807, 2.05) is 0 Å². The molecule has 0 aromatic heterocycles. The average Bonchev–Trinajstić information content (AvgIpc) is 2.59. The number of nitro benzene ring substituents is 1. The van der Waals surface area contributed by atoms with Crippen LogP contribution in [0.15, 0.2) is 42.5 Å². The number of benzene rings is 2. The topological polar surface area (TPSA) is 87.9 Å². The number of carbonyl (C=O) groups excluding carboxylic acids is 1. The molecular formula is C16H13F2NO6. The lowest BCUT2D eigenvalue weighted by molar-refractivity contribution is -0.385. The third-order valence-electron chi connectivity index (χ3n) is 3.17. The Bertz CT molecular complexity index is 781. The fourth-order valence-electron chi connectivity index (χ4n) is 2.08. The van der Waals surface area contributed by atoms with E-state index in [-0.39, 0.29) is 22.6 Å². The zero-order valence-corrected chi connectivity index (χ0v) is 13.0. The number of hydrogen-bond donors (Lipinski definition) is 0. The predicted octanol–water partition coefficient (Wildman–Crippen LogP) is 3.56. The number of esters is 1. The largest absolute Gasteiger partial charge is 0.493 e. The maximum atomic E-state index is 12.6.